The van der Waals surface area contributed by atoms with Crippen LogP contribution in [0.2, 0.25) is 0 Å². The van der Waals surface area contributed by atoms with Crippen molar-refractivity contribution in [1.29, 1.82) is 0 Å². The third-order valence-electron chi connectivity index (χ3n) is 3.66. The van der Waals surface area contributed by atoms with Crippen molar-refractivity contribution in [2.24, 2.45) is 5.92 Å². The monoisotopic (exact) mass is 267 g/mol. The molecule has 2 rings (SSSR count). The van der Waals surface area contributed by atoms with Crippen LogP contribution in [0.1, 0.15) is 44.3 Å². The first-order valence-electron chi connectivity index (χ1n) is 7.18. The lowest BCUT2D eigenvalue weighted by atomic mass is 9.96. The van der Waals surface area contributed by atoms with Gasteiger partial charge in [0.2, 0.25) is 0 Å². The number of nitrogens with one attached hydrogen (secondary N) is 1. The minimum absolute atomic E-state index is 0.142. The van der Waals surface area contributed by atoms with Crippen LogP contribution < -0.4 is 5.32 Å². The summed E-state index contributed by atoms with van der Waals surface area (Å²) in [5.41, 5.74) is 0. The van der Waals surface area contributed by atoms with Gasteiger partial charge in [0.05, 0.1) is 12.1 Å². The molecule has 1 saturated heterocycles. The predicted octanol–water partition coefficient (Wildman–Crippen LogP) is 2.89. The topological polar surface area (TPSA) is 43.6 Å². The number of ether oxygens (including phenoxy) is 2. The quantitative estimate of drug-likeness (QED) is 0.825. The SMILES string of the molecule is CCCNC(c1ccc(COC)o1)C1OCCC1C. The van der Waals surface area contributed by atoms with Crippen LogP contribution in [0, 0.1) is 5.92 Å². The number of furan rings is 1. The van der Waals surface area contributed by atoms with Gasteiger partial charge in [-0.05, 0) is 37.4 Å². The second-order valence-electron chi connectivity index (χ2n) is 5.27. The molecule has 0 aromatic carbocycles. The molecule has 1 fully saturated rings. The summed E-state index contributed by atoms with van der Waals surface area (Å²) < 4.78 is 16.9. The minimum atomic E-state index is 0.142. The molecule has 2 heterocycles. The number of methoxy groups -OCH3 is 1. The molecule has 108 valence electrons. The molecule has 3 unspecified atom stereocenters. The van der Waals surface area contributed by atoms with Crippen molar-refractivity contribution in [2.45, 2.75) is 45.4 Å². The molecule has 1 aliphatic heterocycles. The van der Waals surface area contributed by atoms with E-state index in [4.69, 9.17) is 13.9 Å². The summed E-state index contributed by atoms with van der Waals surface area (Å²) in [4.78, 5) is 0. The van der Waals surface area contributed by atoms with Crippen molar-refractivity contribution in [2.75, 3.05) is 20.3 Å². The molecular weight excluding hydrogens is 242 g/mol. The lowest BCUT2D eigenvalue weighted by Crippen LogP contribution is -2.35. The van der Waals surface area contributed by atoms with Gasteiger partial charge >= 0.3 is 0 Å². The first-order chi connectivity index (χ1) is 9.26. The van der Waals surface area contributed by atoms with Gasteiger partial charge in [-0.2, -0.15) is 0 Å². The summed E-state index contributed by atoms with van der Waals surface area (Å²) in [6.45, 7) is 6.75. The van der Waals surface area contributed by atoms with E-state index in [1.54, 1.807) is 7.11 Å². The normalized spacial score (nSPS) is 24.8. The van der Waals surface area contributed by atoms with Crippen molar-refractivity contribution >= 4 is 0 Å². The van der Waals surface area contributed by atoms with Crippen LogP contribution in [-0.2, 0) is 16.1 Å². The Kier molecular flexibility index (Phi) is 5.43. The van der Waals surface area contributed by atoms with E-state index in [1.807, 2.05) is 12.1 Å². The van der Waals surface area contributed by atoms with Gasteiger partial charge in [-0.25, -0.2) is 0 Å². The van der Waals surface area contributed by atoms with Gasteiger partial charge in [-0.15, -0.1) is 0 Å². The van der Waals surface area contributed by atoms with Gasteiger partial charge in [-0.3, -0.25) is 0 Å². The fourth-order valence-corrected chi connectivity index (χ4v) is 2.60. The van der Waals surface area contributed by atoms with Crippen molar-refractivity contribution in [3.63, 3.8) is 0 Å². The molecule has 0 saturated carbocycles. The number of hydrogen-bond donors (Lipinski definition) is 1. The third-order valence-corrected chi connectivity index (χ3v) is 3.66. The lowest BCUT2D eigenvalue weighted by Gasteiger charge is -2.25. The van der Waals surface area contributed by atoms with Crippen molar-refractivity contribution in [3.05, 3.63) is 23.7 Å². The first kappa shape index (κ1) is 14.6. The molecular formula is C15H25NO3. The Labute approximate surface area is 115 Å². The Morgan fingerprint density at radius 3 is 2.95 bits per heavy atom. The maximum Gasteiger partial charge on any atom is 0.129 e. The molecule has 0 spiro atoms. The second kappa shape index (κ2) is 7.08. The van der Waals surface area contributed by atoms with Gasteiger partial charge in [0.15, 0.2) is 0 Å². The Hall–Kier alpha value is -0.840. The summed E-state index contributed by atoms with van der Waals surface area (Å²) in [5.74, 6) is 2.39. The van der Waals surface area contributed by atoms with E-state index in [0.717, 1.165) is 37.5 Å². The van der Waals surface area contributed by atoms with Gasteiger partial charge in [0.1, 0.15) is 18.1 Å². The first-order valence-corrected chi connectivity index (χ1v) is 7.18. The summed E-state index contributed by atoms with van der Waals surface area (Å²) in [5, 5.41) is 3.55. The van der Waals surface area contributed by atoms with Gasteiger partial charge in [0.25, 0.3) is 0 Å². The van der Waals surface area contributed by atoms with E-state index in [9.17, 15) is 0 Å². The highest BCUT2D eigenvalue weighted by Gasteiger charge is 2.34. The fraction of sp³-hybridized carbons (Fsp3) is 0.733. The van der Waals surface area contributed by atoms with Crippen LogP contribution in [0.5, 0.6) is 0 Å². The van der Waals surface area contributed by atoms with Gasteiger partial charge < -0.3 is 19.2 Å². The molecule has 19 heavy (non-hydrogen) atoms. The zero-order valence-electron chi connectivity index (χ0n) is 12.1. The van der Waals surface area contributed by atoms with E-state index in [-0.39, 0.29) is 12.1 Å². The zero-order chi connectivity index (χ0) is 13.7. The summed E-state index contributed by atoms with van der Waals surface area (Å²) in [7, 11) is 1.68. The van der Waals surface area contributed by atoms with Crippen LogP contribution in [0.15, 0.2) is 16.5 Å². The summed E-state index contributed by atoms with van der Waals surface area (Å²) in [6, 6.07) is 4.16. The molecule has 1 aromatic heterocycles. The Balaban J connectivity index is 2.10. The predicted molar refractivity (Wildman–Crippen MR) is 74.0 cm³/mol. The highest BCUT2D eigenvalue weighted by atomic mass is 16.5. The Bertz CT molecular complexity index is 377. The summed E-state index contributed by atoms with van der Waals surface area (Å²) in [6.07, 6.45) is 2.43. The average Bonchev–Trinajstić information content (AvgIpc) is 3.01. The van der Waals surface area contributed by atoms with Crippen molar-refractivity contribution < 1.29 is 13.9 Å². The van der Waals surface area contributed by atoms with Crippen molar-refractivity contribution in [1.82, 2.24) is 5.32 Å². The van der Waals surface area contributed by atoms with E-state index in [0.29, 0.717) is 12.5 Å². The van der Waals surface area contributed by atoms with E-state index in [1.165, 1.54) is 0 Å². The lowest BCUT2D eigenvalue weighted by molar-refractivity contribution is 0.0524. The molecule has 0 amide bonds. The highest BCUT2D eigenvalue weighted by Crippen LogP contribution is 2.32. The smallest absolute Gasteiger partial charge is 0.129 e. The van der Waals surface area contributed by atoms with Crippen LogP contribution in [-0.4, -0.2) is 26.4 Å². The molecule has 4 nitrogen and oxygen atoms in total. The van der Waals surface area contributed by atoms with Crippen molar-refractivity contribution in [3.8, 4) is 0 Å². The molecule has 0 aliphatic carbocycles. The third kappa shape index (κ3) is 3.59. The standard InChI is InChI=1S/C15H25NO3/c1-4-8-16-14(15-11(2)7-9-18-15)13-6-5-12(19-13)10-17-3/h5-6,11,14-16H,4,7-10H2,1-3H3. The van der Waals surface area contributed by atoms with E-state index >= 15 is 0 Å². The maximum atomic E-state index is 5.89. The molecule has 0 radical (unpaired) electrons. The van der Waals surface area contributed by atoms with E-state index in [2.05, 4.69) is 19.2 Å². The van der Waals surface area contributed by atoms with Crippen LogP contribution in [0.3, 0.4) is 0 Å². The van der Waals surface area contributed by atoms with Gasteiger partial charge in [0, 0.05) is 13.7 Å². The Morgan fingerprint density at radius 1 is 1.47 bits per heavy atom. The van der Waals surface area contributed by atoms with E-state index < -0.39 is 0 Å². The molecule has 1 N–H and O–H groups in total. The van der Waals surface area contributed by atoms with Crippen LogP contribution >= 0.6 is 0 Å². The second-order valence-corrected chi connectivity index (χ2v) is 5.27. The molecule has 4 heteroatoms. The largest absolute Gasteiger partial charge is 0.462 e. The minimum Gasteiger partial charge on any atom is -0.462 e. The van der Waals surface area contributed by atoms with Crippen LogP contribution in [0.25, 0.3) is 0 Å². The highest BCUT2D eigenvalue weighted by molar-refractivity contribution is 5.13. The average molecular weight is 267 g/mol. The Morgan fingerprint density at radius 2 is 2.32 bits per heavy atom. The van der Waals surface area contributed by atoms with Crippen LogP contribution in [0.4, 0.5) is 0 Å². The summed E-state index contributed by atoms with van der Waals surface area (Å²) >= 11 is 0. The number of rotatable bonds is 7. The molecule has 1 aliphatic rings. The molecule has 0 bridgehead atoms. The molecule has 1 aromatic rings. The maximum absolute atomic E-state index is 5.89. The van der Waals surface area contributed by atoms with Gasteiger partial charge in [-0.1, -0.05) is 13.8 Å². The fourth-order valence-electron chi connectivity index (χ4n) is 2.60. The molecule has 3 atom stereocenters. The zero-order valence-corrected chi connectivity index (χ0v) is 12.1. The number of hydrogen-bond acceptors (Lipinski definition) is 4.